The van der Waals surface area contributed by atoms with E-state index in [2.05, 4.69) is 15.4 Å². The molecule has 0 aromatic rings. The Bertz CT molecular complexity index is 365. The number of hydrogen-bond acceptors (Lipinski definition) is 4. The van der Waals surface area contributed by atoms with Gasteiger partial charge in [0.25, 0.3) is 0 Å². The molecule has 108 valence electrons. The fourth-order valence-electron chi connectivity index (χ4n) is 1.92. The van der Waals surface area contributed by atoms with E-state index in [-0.39, 0.29) is 18.4 Å². The van der Waals surface area contributed by atoms with Crippen LogP contribution in [0.1, 0.15) is 39.0 Å². The van der Waals surface area contributed by atoms with Crippen molar-refractivity contribution in [1.29, 1.82) is 0 Å². The Hall–Kier alpha value is -1.79. The zero-order valence-electron chi connectivity index (χ0n) is 11.2. The molecular weight excluding hydrogens is 252 g/mol. The maximum atomic E-state index is 11.7. The summed E-state index contributed by atoms with van der Waals surface area (Å²) in [7, 11) is 1.23. The van der Waals surface area contributed by atoms with Crippen molar-refractivity contribution in [2.75, 3.05) is 7.11 Å². The molecule has 0 radical (unpaired) electrons. The summed E-state index contributed by atoms with van der Waals surface area (Å²) >= 11 is 0. The summed E-state index contributed by atoms with van der Waals surface area (Å²) in [6.07, 6.45) is 2.79. The van der Waals surface area contributed by atoms with Crippen LogP contribution in [0.4, 0.5) is 4.79 Å². The molecule has 2 amide bonds. The molecule has 0 aliphatic heterocycles. The number of carboxylic acids is 1. The molecule has 0 aromatic heterocycles. The average Bonchev–Trinajstić information content (AvgIpc) is 2.31. The molecular formula is C12H20N2O5. The summed E-state index contributed by atoms with van der Waals surface area (Å²) in [5.74, 6) is -1.67. The lowest BCUT2D eigenvalue weighted by Crippen LogP contribution is -2.56. The predicted molar refractivity (Wildman–Crippen MR) is 66.6 cm³/mol. The first-order valence-corrected chi connectivity index (χ1v) is 6.24. The summed E-state index contributed by atoms with van der Waals surface area (Å²) < 4.78 is 4.43. The zero-order chi connectivity index (χ0) is 14.5. The number of carbonyl (C=O) groups is 3. The van der Waals surface area contributed by atoms with Crippen molar-refractivity contribution in [1.82, 2.24) is 10.6 Å². The fraction of sp³-hybridized carbons (Fsp3) is 0.750. The Kier molecular flexibility index (Phi) is 5.14. The molecule has 1 aliphatic rings. The van der Waals surface area contributed by atoms with Crippen LogP contribution in [0.2, 0.25) is 0 Å². The molecule has 0 unspecified atom stereocenters. The summed E-state index contributed by atoms with van der Waals surface area (Å²) in [5, 5.41) is 14.1. The summed E-state index contributed by atoms with van der Waals surface area (Å²) in [6, 6.07) is -1.61. The van der Waals surface area contributed by atoms with Gasteiger partial charge >= 0.3 is 18.0 Å². The first-order valence-electron chi connectivity index (χ1n) is 6.24. The van der Waals surface area contributed by atoms with Crippen molar-refractivity contribution < 1.29 is 24.2 Å². The van der Waals surface area contributed by atoms with Gasteiger partial charge in [0.15, 0.2) is 0 Å². The van der Waals surface area contributed by atoms with Gasteiger partial charge < -0.3 is 20.5 Å². The number of aliphatic carboxylic acids is 1. The van der Waals surface area contributed by atoms with Crippen LogP contribution < -0.4 is 10.6 Å². The van der Waals surface area contributed by atoms with Gasteiger partial charge in [-0.25, -0.2) is 9.59 Å². The first kappa shape index (κ1) is 15.3. The Morgan fingerprint density at radius 1 is 1.37 bits per heavy atom. The van der Waals surface area contributed by atoms with Crippen LogP contribution in [0.5, 0.6) is 0 Å². The van der Waals surface area contributed by atoms with Crippen LogP contribution in [0, 0.1) is 0 Å². The number of hydrogen-bond donors (Lipinski definition) is 3. The monoisotopic (exact) mass is 272 g/mol. The number of amides is 2. The van der Waals surface area contributed by atoms with Gasteiger partial charge in [-0.1, -0.05) is 0 Å². The van der Waals surface area contributed by atoms with E-state index in [0.717, 1.165) is 19.3 Å². The van der Waals surface area contributed by atoms with Crippen molar-refractivity contribution in [3.8, 4) is 0 Å². The topological polar surface area (TPSA) is 105 Å². The highest BCUT2D eigenvalue weighted by molar-refractivity contribution is 5.83. The van der Waals surface area contributed by atoms with Gasteiger partial charge in [0.05, 0.1) is 7.11 Å². The van der Waals surface area contributed by atoms with Gasteiger partial charge in [-0.3, -0.25) is 4.79 Å². The van der Waals surface area contributed by atoms with E-state index in [1.165, 1.54) is 7.11 Å². The molecule has 0 bridgehead atoms. The van der Waals surface area contributed by atoms with Crippen molar-refractivity contribution in [3.05, 3.63) is 0 Å². The number of ether oxygens (including phenoxy) is 1. The van der Waals surface area contributed by atoms with Gasteiger partial charge in [0, 0.05) is 12.0 Å². The van der Waals surface area contributed by atoms with Gasteiger partial charge in [0.2, 0.25) is 0 Å². The molecule has 19 heavy (non-hydrogen) atoms. The number of rotatable bonds is 6. The van der Waals surface area contributed by atoms with Crippen LogP contribution in [0.3, 0.4) is 0 Å². The molecule has 7 heteroatoms. The molecule has 7 nitrogen and oxygen atoms in total. The molecule has 1 aliphatic carbocycles. The zero-order valence-corrected chi connectivity index (χ0v) is 11.2. The molecule has 1 rings (SSSR count). The number of carbonyl (C=O) groups excluding carboxylic acids is 2. The lowest BCUT2D eigenvalue weighted by molar-refractivity contribution is -0.142. The van der Waals surface area contributed by atoms with E-state index < -0.39 is 24.0 Å². The summed E-state index contributed by atoms with van der Waals surface area (Å²) in [6.45, 7) is 1.92. The Labute approximate surface area is 111 Å². The number of esters is 1. The Balaban J connectivity index is 2.41. The van der Waals surface area contributed by atoms with Crippen molar-refractivity contribution in [2.45, 2.75) is 50.6 Å². The molecule has 0 spiro atoms. The molecule has 0 saturated heterocycles. The third kappa shape index (κ3) is 4.76. The highest BCUT2D eigenvalue weighted by atomic mass is 16.5. The highest BCUT2D eigenvalue weighted by Crippen LogP contribution is 2.30. The quantitative estimate of drug-likeness (QED) is 0.615. The van der Waals surface area contributed by atoms with E-state index in [0.29, 0.717) is 0 Å². The van der Waals surface area contributed by atoms with Gasteiger partial charge in [-0.15, -0.1) is 0 Å². The lowest BCUT2D eigenvalue weighted by Gasteiger charge is -2.39. The van der Waals surface area contributed by atoms with Crippen molar-refractivity contribution in [3.63, 3.8) is 0 Å². The summed E-state index contributed by atoms with van der Waals surface area (Å²) in [5.41, 5.74) is -0.241. The maximum Gasteiger partial charge on any atom is 0.326 e. The van der Waals surface area contributed by atoms with E-state index in [1.807, 2.05) is 6.92 Å². The molecule has 1 atom stereocenters. The second-order valence-corrected chi connectivity index (χ2v) is 5.02. The minimum atomic E-state index is -1.17. The third-order valence-corrected chi connectivity index (χ3v) is 3.34. The SMILES string of the molecule is COC(=O)CC[C@H](NC(=O)NC1(C)CCC1)C(=O)O. The highest BCUT2D eigenvalue weighted by Gasteiger charge is 2.34. The van der Waals surface area contributed by atoms with E-state index >= 15 is 0 Å². The minimum absolute atomic E-state index is 0.00609. The number of nitrogens with one attached hydrogen (secondary N) is 2. The predicted octanol–water partition coefficient (Wildman–Crippen LogP) is 0.635. The van der Waals surface area contributed by atoms with E-state index in [1.54, 1.807) is 0 Å². The van der Waals surface area contributed by atoms with Gasteiger partial charge in [0.1, 0.15) is 6.04 Å². The minimum Gasteiger partial charge on any atom is -0.480 e. The standard InChI is InChI=1S/C12H20N2O5/c1-12(6-3-7-12)14-11(18)13-8(10(16)17)4-5-9(15)19-2/h8H,3-7H2,1-2H3,(H,16,17)(H2,13,14,18)/t8-/m0/s1. The Morgan fingerprint density at radius 3 is 2.42 bits per heavy atom. The number of carboxylic acid groups (broad SMARTS) is 1. The van der Waals surface area contributed by atoms with E-state index in [4.69, 9.17) is 5.11 Å². The maximum absolute atomic E-state index is 11.7. The molecule has 1 fully saturated rings. The first-order chi connectivity index (χ1) is 8.86. The van der Waals surface area contributed by atoms with Crippen LogP contribution in [0.15, 0.2) is 0 Å². The van der Waals surface area contributed by atoms with Crippen LogP contribution >= 0.6 is 0 Å². The van der Waals surface area contributed by atoms with E-state index in [9.17, 15) is 14.4 Å². The molecule has 0 heterocycles. The normalized spacial score (nSPS) is 17.8. The largest absolute Gasteiger partial charge is 0.480 e. The second-order valence-electron chi connectivity index (χ2n) is 5.02. The molecule has 3 N–H and O–H groups in total. The second kappa shape index (κ2) is 6.40. The number of methoxy groups -OCH3 is 1. The average molecular weight is 272 g/mol. The van der Waals surface area contributed by atoms with Crippen molar-refractivity contribution >= 4 is 18.0 Å². The Morgan fingerprint density at radius 2 is 2.00 bits per heavy atom. The van der Waals surface area contributed by atoms with Crippen LogP contribution in [0.25, 0.3) is 0 Å². The molecule has 0 aromatic carbocycles. The number of urea groups is 1. The van der Waals surface area contributed by atoms with Gasteiger partial charge in [-0.2, -0.15) is 0 Å². The third-order valence-electron chi connectivity index (χ3n) is 3.34. The smallest absolute Gasteiger partial charge is 0.326 e. The summed E-state index contributed by atoms with van der Waals surface area (Å²) in [4.78, 5) is 33.6. The molecule has 1 saturated carbocycles. The van der Waals surface area contributed by atoms with Crippen molar-refractivity contribution in [2.24, 2.45) is 0 Å². The lowest BCUT2D eigenvalue weighted by atomic mass is 9.79. The van der Waals surface area contributed by atoms with Gasteiger partial charge in [-0.05, 0) is 32.6 Å². The van der Waals surface area contributed by atoms with Crippen LogP contribution in [-0.4, -0.2) is 41.8 Å². The van der Waals surface area contributed by atoms with Crippen LogP contribution in [-0.2, 0) is 14.3 Å². The fourth-order valence-corrected chi connectivity index (χ4v) is 1.92.